The van der Waals surface area contributed by atoms with Crippen molar-refractivity contribution in [2.75, 3.05) is 13.1 Å². The van der Waals surface area contributed by atoms with E-state index in [4.69, 9.17) is 5.11 Å². The van der Waals surface area contributed by atoms with Gasteiger partial charge in [0.1, 0.15) is 0 Å². The molecule has 0 saturated heterocycles. The van der Waals surface area contributed by atoms with E-state index in [-0.39, 0.29) is 12.5 Å². The Morgan fingerprint density at radius 3 is 2.11 bits per heavy atom. The average molecular weight is 264 g/mol. The number of aliphatic hydroxyl groups is 1. The number of carbonyl (C=O) groups is 2. The van der Waals surface area contributed by atoms with Crippen LogP contribution in [0.1, 0.15) is 25.3 Å². The van der Waals surface area contributed by atoms with Crippen molar-refractivity contribution in [3.8, 4) is 0 Å². The van der Waals surface area contributed by atoms with E-state index in [1.807, 2.05) is 37.3 Å². The zero-order valence-corrected chi connectivity index (χ0v) is 11.2. The minimum atomic E-state index is -0.721. The molecule has 0 spiro atoms. The second-order valence-electron chi connectivity index (χ2n) is 4.58. The zero-order chi connectivity index (χ0) is 14.3. The fourth-order valence-corrected chi connectivity index (χ4v) is 1.55. The third kappa shape index (κ3) is 5.52. The van der Waals surface area contributed by atoms with Crippen LogP contribution in [0.2, 0.25) is 0 Å². The van der Waals surface area contributed by atoms with Gasteiger partial charge in [-0.3, -0.25) is 9.59 Å². The van der Waals surface area contributed by atoms with E-state index in [0.29, 0.717) is 6.54 Å². The second-order valence-corrected chi connectivity index (χ2v) is 4.58. The summed E-state index contributed by atoms with van der Waals surface area (Å²) in [5.74, 6) is -1.26. The number of amides is 2. The van der Waals surface area contributed by atoms with Crippen molar-refractivity contribution in [1.82, 2.24) is 10.6 Å². The summed E-state index contributed by atoms with van der Waals surface area (Å²) >= 11 is 0. The fraction of sp³-hybridized carbons (Fsp3) is 0.429. The largest absolute Gasteiger partial charge is 0.392 e. The van der Waals surface area contributed by atoms with Gasteiger partial charge in [-0.1, -0.05) is 37.3 Å². The Morgan fingerprint density at radius 2 is 1.58 bits per heavy atom. The van der Waals surface area contributed by atoms with E-state index in [0.717, 1.165) is 5.56 Å². The first kappa shape index (κ1) is 15.2. The summed E-state index contributed by atoms with van der Waals surface area (Å²) in [6.07, 6.45) is -0.667. The summed E-state index contributed by atoms with van der Waals surface area (Å²) in [4.78, 5) is 22.8. The first-order valence-corrected chi connectivity index (χ1v) is 6.29. The summed E-state index contributed by atoms with van der Waals surface area (Å²) in [6.45, 7) is 3.98. The zero-order valence-electron chi connectivity index (χ0n) is 11.2. The van der Waals surface area contributed by atoms with Crippen LogP contribution in [0.4, 0.5) is 0 Å². The van der Waals surface area contributed by atoms with Crippen molar-refractivity contribution in [3.05, 3.63) is 35.9 Å². The standard InChI is InChI=1S/C14H20N2O3/c1-10(12-6-4-3-5-7-12)8-15-13(18)14(19)16-9-11(2)17/h3-7,10-11,17H,8-9H2,1-2H3,(H,15,18)(H,16,19)/t10-,11-/m1/s1. The molecule has 5 heteroatoms. The monoisotopic (exact) mass is 264 g/mol. The van der Waals surface area contributed by atoms with Crippen molar-refractivity contribution in [2.45, 2.75) is 25.9 Å². The third-order valence-corrected chi connectivity index (χ3v) is 2.70. The van der Waals surface area contributed by atoms with E-state index >= 15 is 0 Å². The molecule has 0 radical (unpaired) electrons. The number of hydrogen-bond acceptors (Lipinski definition) is 3. The lowest BCUT2D eigenvalue weighted by atomic mass is 10.0. The molecule has 0 aliphatic rings. The first-order chi connectivity index (χ1) is 9.00. The van der Waals surface area contributed by atoms with Crippen molar-refractivity contribution in [2.24, 2.45) is 0 Å². The van der Waals surface area contributed by atoms with E-state index in [9.17, 15) is 9.59 Å². The van der Waals surface area contributed by atoms with Crippen LogP contribution in [0, 0.1) is 0 Å². The molecule has 19 heavy (non-hydrogen) atoms. The molecule has 0 saturated carbocycles. The second kappa shape index (κ2) is 7.53. The lowest BCUT2D eigenvalue weighted by Gasteiger charge is -2.13. The lowest BCUT2D eigenvalue weighted by Crippen LogP contribution is -2.43. The Morgan fingerprint density at radius 1 is 1.05 bits per heavy atom. The van der Waals surface area contributed by atoms with Gasteiger partial charge in [-0.15, -0.1) is 0 Å². The SMILES string of the molecule is C[C@H](CNC(=O)C(=O)NC[C@@H](C)O)c1ccccc1. The molecule has 0 aromatic heterocycles. The van der Waals surface area contributed by atoms with Crippen LogP contribution >= 0.6 is 0 Å². The highest BCUT2D eigenvalue weighted by molar-refractivity contribution is 6.35. The van der Waals surface area contributed by atoms with Crippen molar-refractivity contribution in [3.63, 3.8) is 0 Å². The number of benzene rings is 1. The predicted molar refractivity (Wildman–Crippen MR) is 72.6 cm³/mol. The first-order valence-electron chi connectivity index (χ1n) is 6.29. The van der Waals surface area contributed by atoms with Gasteiger partial charge in [0.05, 0.1) is 6.10 Å². The minimum absolute atomic E-state index is 0.0699. The molecule has 5 nitrogen and oxygen atoms in total. The lowest BCUT2D eigenvalue weighted by molar-refractivity contribution is -0.139. The Bertz CT molecular complexity index is 418. The number of carbonyl (C=O) groups excluding carboxylic acids is 2. The highest BCUT2D eigenvalue weighted by Crippen LogP contribution is 2.12. The van der Waals surface area contributed by atoms with Crippen LogP contribution in [0.25, 0.3) is 0 Å². The average Bonchev–Trinajstić information content (AvgIpc) is 2.42. The van der Waals surface area contributed by atoms with Gasteiger partial charge in [0, 0.05) is 13.1 Å². The van der Waals surface area contributed by atoms with Crippen LogP contribution in [0.15, 0.2) is 30.3 Å². The van der Waals surface area contributed by atoms with Gasteiger partial charge in [-0.25, -0.2) is 0 Å². The Hall–Kier alpha value is -1.88. The van der Waals surface area contributed by atoms with Gasteiger partial charge >= 0.3 is 11.8 Å². The normalized spacial score (nSPS) is 13.4. The molecule has 1 rings (SSSR count). The van der Waals surface area contributed by atoms with Crippen LogP contribution in [-0.4, -0.2) is 36.1 Å². The molecular weight excluding hydrogens is 244 g/mol. The maximum atomic E-state index is 11.5. The van der Waals surface area contributed by atoms with Crippen molar-refractivity contribution in [1.29, 1.82) is 0 Å². The van der Waals surface area contributed by atoms with Gasteiger partial charge in [-0.2, -0.15) is 0 Å². The molecule has 104 valence electrons. The highest BCUT2D eigenvalue weighted by Gasteiger charge is 2.14. The smallest absolute Gasteiger partial charge is 0.309 e. The van der Waals surface area contributed by atoms with E-state index in [1.54, 1.807) is 0 Å². The van der Waals surface area contributed by atoms with Gasteiger partial charge in [0.15, 0.2) is 0 Å². The van der Waals surface area contributed by atoms with Gasteiger partial charge < -0.3 is 15.7 Å². The van der Waals surface area contributed by atoms with Crippen molar-refractivity contribution < 1.29 is 14.7 Å². The summed E-state index contributed by atoms with van der Waals surface area (Å²) in [6, 6.07) is 9.75. The Balaban J connectivity index is 2.36. The van der Waals surface area contributed by atoms with Gasteiger partial charge in [0.2, 0.25) is 0 Å². The topological polar surface area (TPSA) is 78.4 Å². The molecule has 3 N–H and O–H groups in total. The molecule has 0 aliphatic heterocycles. The van der Waals surface area contributed by atoms with Crippen LogP contribution in [-0.2, 0) is 9.59 Å². The van der Waals surface area contributed by atoms with E-state index in [1.165, 1.54) is 6.92 Å². The fourth-order valence-electron chi connectivity index (χ4n) is 1.55. The molecule has 2 amide bonds. The Kier molecular flexibility index (Phi) is 6.02. The molecule has 1 aromatic carbocycles. The van der Waals surface area contributed by atoms with Gasteiger partial charge in [0.25, 0.3) is 0 Å². The molecule has 2 atom stereocenters. The molecule has 0 unspecified atom stereocenters. The maximum absolute atomic E-state index is 11.5. The number of hydrogen-bond donors (Lipinski definition) is 3. The number of rotatable bonds is 5. The maximum Gasteiger partial charge on any atom is 0.309 e. The molecule has 1 aromatic rings. The van der Waals surface area contributed by atoms with Crippen LogP contribution < -0.4 is 10.6 Å². The number of aliphatic hydroxyl groups excluding tert-OH is 1. The van der Waals surface area contributed by atoms with E-state index < -0.39 is 17.9 Å². The molecule has 0 fully saturated rings. The number of nitrogens with one attached hydrogen (secondary N) is 2. The summed E-state index contributed by atoms with van der Waals surface area (Å²) in [5.41, 5.74) is 1.10. The minimum Gasteiger partial charge on any atom is -0.392 e. The quantitative estimate of drug-likeness (QED) is 0.674. The Labute approximate surface area is 113 Å². The van der Waals surface area contributed by atoms with E-state index in [2.05, 4.69) is 10.6 Å². The molecular formula is C14H20N2O3. The van der Waals surface area contributed by atoms with Crippen LogP contribution in [0.3, 0.4) is 0 Å². The summed E-state index contributed by atoms with van der Waals surface area (Å²) in [7, 11) is 0. The van der Waals surface area contributed by atoms with Gasteiger partial charge in [-0.05, 0) is 18.4 Å². The van der Waals surface area contributed by atoms with Crippen LogP contribution in [0.5, 0.6) is 0 Å². The molecule has 0 heterocycles. The predicted octanol–water partition coefficient (Wildman–Crippen LogP) is 0.403. The molecule has 0 aliphatic carbocycles. The summed E-state index contributed by atoms with van der Waals surface area (Å²) < 4.78 is 0. The summed E-state index contributed by atoms with van der Waals surface area (Å²) in [5, 5.41) is 13.9. The third-order valence-electron chi connectivity index (χ3n) is 2.70. The highest BCUT2D eigenvalue weighted by atomic mass is 16.3. The molecule has 0 bridgehead atoms. The van der Waals surface area contributed by atoms with Crippen molar-refractivity contribution >= 4 is 11.8 Å².